The van der Waals surface area contributed by atoms with E-state index in [1.165, 1.54) is 23.4 Å². The van der Waals surface area contributed by atoms with Crippen LogP contribution in [0, 0.1) is 0 Å². The van der Waals surface area contributed by atoms with Crippen LogP contribution in [0.1, 0.15) is 26.7 Å². The smallest absolute Gasteiger partial charge is 0.244 e. The van der Waals surface area contributed by atoms with Gasteiger partial charge in [-0.05, 0) is 45.4 Å². The Balaban J connectivity index is 1.20. The molecule has 9 heteroatoms. The standard InChI is InChI=1S/C20H28N4O3S2/c1-20(2)18(25)24(15-29(20,26)27)10-6-5-9-22-11-13-23(14-12-22)19-21-16-7-3-4-8-17(16)28-19/h3-4,7-8H,5-6,9-15H2,1-2H3. The van der Waals surface area contributed by atoms with Crippen molar-refractivity contribution in [1.82, 2.24) is 14.8 Å². The molecule has 2 aliphatic heterocycles. The predicted octanol–water partition coefficient (Wildman–Crippen LogP) is 2.19. The number of amides is 1. The van der Waals surface area contributed by atoms with Crippen molar-refractivity contribution < 1.29 is 13.2 Å². The number of piperazine rings is 1. The molecule has 0 atom stereocenters. The van der Waals surface area contributed by atoms with Crippen molar-refractivity contribution in [3.8, 4) is 0 Å². The fraction of sp³-hybridized carbons (Fsp3) is 0.600. The fourth-order valence-corrected chi connectivity index (χ4v) is 6.29. The Morgan fingerprint density at radius 3 is 2.41 bits per heavy atom. The summed E-state index contributed by atoms with van der Waals surface area (Å²) in [6, 6.07) is 8.25. The Morgan fingerprint density at radius 1 is 1.07 bits per heavy atom. The number of sulfone groups is 1. The summed E-state index contributed by atoms with van der Waals surface area (Å²) in [4.78, 5) is 23.4. The summed E-state index contributed by atoms with van der Waals surface area (Å²) in [5, 5.41) is 1.10. The fourth-order valence-electron chi connectivity index (χ4n) is 3.90. The van der Waals surface area contributed by atoms with E-state index in [2.05, 4.69) is 21.9 Å². The number of carbonyl (C=O) groups excluding carboxylic acids is 1. The third-order valence-electron chi connectivity index (χ3n) is 5.98. The van der Waals surface area contributed by atoms with Gasteiger partial charge in [-0.3, -0.25) is 9.69 Å². The molecule has 158 valence electrons. The molecule has 1 amide bonds. The molecule has 0 N–H and O–H groups in total. The molecule has 0 spiro atoms. The summed E-state index contributed by atoms with van der Waals surface area (Å²) in [7, 11) is -3.37. The lowest BCUT2D eigenvalue weighted by molar-refractivity contribution is -0.130. The third-order valence-corrected chi connectivity index (χ3v) is 9.46. The average molecular weight is 437 g/mol. The van der Waals surface area contributed by atoms with E-state index < -0.39 is 14.6 Å². The zero-order valence-corrected chi connectivity index (χ0v) is 18.6. The number of aromatic nitrogens is 1. The number of unbranched alkanes of at least 4 members (excludes halogenated alkanes) is 1. The first kappa shape index (κ1) is 20.6. The molecule has 0 bridgehead atoms. The monoisotopic (exact) mass is 436 g/mol. The molecular formula is C20H28N4O3S2. The number of hydrogen-bond acceptors (Lipinski definition) is 7. The van der Waals surface area contributed by atoms with Crippen molar-refractivity contribution >= 4 is 42.4 Å². The van der Waals surface area contributed by atoms with Crippen LogP contribution in [0.3, 0.4) is 0 Å². The minimum absolute atomic E-state index is 0.139. The number of hydrogen-bond donors (Lipinski definition) is 0. The van der Waals surface area contributed by atoms with Gasteiger partial charge in [0.1, 0.15) is 10.6 Å². The lowest BCUT2D eigenvalue weighted by Crippen LogP contribution is -2.46. The van der Waals surface area contributed by atoms with Gasteiger partial charge in [-0.25, -0.2) is 13.4 Å². The Labute approximate surface area is 176 Å². The topological polar surface area (TPSA) is 73.8 Å². The molecule has 4 rings (SSSR count). The average Bonchev–Trinajstić information content (AvgIpc) is 3.19. The van der Waals surface area contributed by atoms with E-state index in [-0.39, 0.29) is 11.8 Å². The number of nitrogens with zero attached hydrogens (tertiary/aromatic N) is 4. The molecule has 1 aromatic carbocycles. The van der Waals surface area contributed by atoms with Crippen LogP contribution in [0.5, 0.6) is 0 Å². The quantitative estimate of drug-likeness (QED) is 0.647. The second-order valence-corrected chi connectivity index (χ2v) is 11.8. The molecule has 0 unspecified atom stereocenters. The normalized spacial score (nSPS) is 21.9. The Morgan fingerprint density at radius 2 is 1.76 bits per heavy atom. The highest BCUT2D eigenvalue weighted by molar-refractivity contribution is 7.94. The number of thiazole rings is 1. The van der Waals surface area contributed by atoms with Crippen molar-refractivity contribution in [3.63, 3.8) is 0 Å². The predicted molar refractivity (Wildman–Crippen MR) is 117 cm³/mol. The summed E-state index contributed by atoms with van der Waals surface area (Å²) >= 11 is 1.75. The van der Waals surface area contributed by atoms with E-state index in [1.807, 2.05) is 12.1 Å². The van der Waals surface area contributed by atoms with Gasteiger partial charge >= 0.3 is 0 Å². The molecule has 0 saturated carbocycles. The molecule has 2 aromatic rings. The summed E-state index contributed by atoms with van der Waals surface area (Å²) in [6.45, 7) is 8.46. The van der Waals surface area contributed by atoms with Crippen molar-refractivity contribution in [2.24, 2.45) is 0 Å². The molecule has 3 heterocycles. The molecule has 0 aliphatic carbocycles. The van der Waals surface area contributed by atoms with E-state index in [0.29, 0.717) is 6.54 Å². The molecule has 2 fully saturated rings. The largest absolute Gasteiger partial charge is 0.345 e. The van der Waals surface area contributed by atoms with Gasteiger partial charge in [-0.2, -0.15) is 0 Å². The number of carbonyl (C=O) groups is 1. The summed E-state index contributed by atoms with van der Waals surface area (Å²) in [5.41, 5.74) is 1.07. The first-order chi connectivity index (χ1) is 13.8. The molecule has 0 radical (unpaired) electrons. The number of rotatable bonds is 6. The number of benzene rings is 1. The Kier molecular flexibility index (Phi) is 5.56. The van der Waals surface area contributed by atoms with Crippen LogP contribution in [0.25, 0.3) is 10.2 Å². The lowest BCUT2D eigenvalue weighted by Gasteiger charge is -2.34. The van der Waals surface area contributed by atoms with Crippen molar-refractivity contribution in [2.45, 2.75) is 31.4 Å². The maximum atomic E-state index is 12.3. The van der Waals surface area contributed by atoms with Crippen LogP contribution in [-0.2, 0) is 14.6 Å². The third kappa shape index (κ3) is 4.00. The van der Waals surface area contributed by atoms with E-state index in [9.17, 15) is 13.2 Å². The van der Waals surface area contributed by atoms with E-state index >= 15 is 0 Å². The molecule has 2 aliphatic rings. The van der Waals surface area contributed by atoms with E-state index in [4.69, 9.17) is 4.98 Å². The highest BCUT2D eigenvalue weighted by Crippen LogP contribution is 2.30. The van der Waals surface area contributed by atoms with Gasteiger partial charge in [0.2, 0.25) is 5.91 Å². The van der Waals surface area contributed by atoms with Gasteiger partial charge in [0.05, 0.1) is 10.2 Å². The summed E-state index contributed by atoms with van der Waals surface area (Å²) in [6.07, 6.45) is 1.79. The van der Waals surface area contributed by atoms with Crippen LogP contribution in [0.15, 0.2) is 24.3 Å². The van der Waals surface area contributed by atoms with Crippen LogP contribution in [0.4, 0.5) is 5.13 Å². The van der Waals surface area contributed by atoms with Gasteiger partial charge in [0.25, 0.3) is 0 Å². The second kappa shape index (κ2) is 7.85. The van der Waals surface area contributed by atoms with E-state index in [1.54, 1.807) is 11.3 Å². The first-order valence-electron chi connectivity index (χ1n) is 10.1. The number of para-hydroxylation sites is 1. The van der Waals surface area contributed by atoms with Gasteiger partial charge in [0.15, 0.2) is 15.0 Å². The Bertz CT molecular complexity index is 961. The molecule has 2 saturated heterocycles. The van der Waals surface area contributed by atoms with Crippen LogP contribution < -0.4 is 4.90 Å². The summed E-state index contributed by atoms with van der Waals surface area (Å²) < 4.78 is 24.2. The molecule has 29 heavy (non-hydrogen) atoms. The van der Waals surface area contributed by atoms with Gasteiger partial charge in [-0.15, -0.1) is 0 Å². The highest BCUT2D eigenvalue weighted by Gasteiger charge is 2.51. The second-order valence-electron chi connectivity index (χ2n) is 8.32. The Hall–Kier alpha value is -1.71. The lowest BCUT2D eigenvalue weighted by atomic mass is 10.1. The van der Waals surface area contributed by atoms with E-state index in [0.717, 1.165) is 56.2 Å². The highest BCUT2D eigenvalue weighted by atomic mass is 32.2. The van der Waals surface area contributed by atoms with Crippen LogP contribution >= 0.6 is 11.3 Å². The molecule has 1 aromatic heterocycles. The minimum atomic E-state index is -3.37. The van der Waals surface area contributed by atoms with Gasteiger partial charge in [0, 0.05) is 32.7 Å². The maximum Gasteiger partial charge on any atom is 0.244 e. The van der Waals surface area contributed by atoms with Crippen molar-refractivity contribution in [3.05, 3.63) is 24.3 Å². The number of anilines is 1. The van der Waals surface area contributed by atoms with Crippen molar-refractivity contribution in [1.29, 1.82) is 0 Å². The number of fused-ring (bicyclic) bond motifs is 1. The zero-order chi connectivity index (χ0) is 20.6. The maximum absolute atomic E-state index is 12.3. The SMILES string of the molecule is CC1(C)C(=O)N(CCCCN2CCN(c3nc4ccccc4s3)CC2)CS1(=O)=O. The van der Waals surface area contributed by atoms with Gasteiger partial charge < -0.3 is 9.80 Å². The zero-order valence-electron chi connectivity index (χ0n) is 17.0. The van der Waals surface area contributed by atoms with Crippen molar-refractivity contribution in [2.75, 3.05) is 50.0 Å². The first-order valence-corrected chi connectivity index (χ1v) is 12.6. The van der Waals surface area contributed by atoms with Crippen LogP contribution in [0.2, 0.25) is 0 Å². The van der Waals surface area contributed by atoms with Gasteiger partial charge in [-0.1, -0.05) is 23.5 Å². The molecule has 7 nitrogen and oxygen atoms in total. The summed E-state index contributed by atoms with van der Waals surface area (Å²) in [5.74, 6) is -0.401. The van der Waals surface area contributed by atoms with Crippen LogP contribution in [-0.4, -0.2) is 79.0 Å². The minimum Gasteiger partial charge on any atom is -0.345 e. The molecular weight excluding hydrogens is 408 g/mol.